The first-order valence-electron chi connectivity index (χ1n) is 10.1. The standard InChI is InChI=1S/C23H23ClFN3O3/c1-15-21(22(27-31-15)18-4-2-3-5-19(18)24)23(29)26-14-20(28-10-12-30-13-11-28)16-6-8-17(25)9-7-16/h2-9,20H,10-14H2,1H3,(H,26,29). The van der Waals surface area contributed by atoms with E-state index in [1.54, 1.807) is 31.2 Å². The predicted octanol–water partition coefficient (Wildman–Crippen LogP) is 4.25. The summed E-state index contributed by atoms with van der Waals surface area (Å²) >= 11 is 6.30. The lowest BCUT2D eigenvalue weighted by Gasteiger charge is -2.35. The Kier molecular flexibility index (Phi) is 6.65. The van der Waals surface area contributed by atoms with Gasteiger partial charge < -0.3 is 14.6 Å². The van der Waals surface area contributed by atoms with Crippen LogP contribution in [-0.4, -0.2) is 48.8 Å². The molecule has 8 heteroatoms. The lowest BCUT2D eigenvalue weighted by molar-refractivity contribution is 0.0162. The quantitative estimate of drug-likeness (QED) is 0.617. The molecule has 0 radical (unpaired) electrons. The second-order valence-corrected chi connectivity index (χ2v) is 7.78. The van der Waals surface area contributed by atoms with E-state index in [0.717, 1.165) is 18.7 Å². The van der Waals surface area contributed by atoms with E-state index in [4.69, 9.17) is 20.9 Å². The minimum absolute atomic E-state index is 0.114. The van der Waals surface area contributed by atoms with E-state index >= 15 is 0 Å². The van der Waals surface area contributed by atoms with E-state index in [-0.39, 0.29) is 17.8 Å². The van der Waals surface area contributed by atoms with Crippen LogP contribution < -0.4 is 5.32 Å². The van der Waals surface area contributed by atoms with Gasteiger partial charge in [0.1, 0.15) is 22.8 Å². The van der Waals surface area contributed by atoms with Crippen LogP contribution in [0.3, 0.4) is 0 Å². The van der Waals surface area contributed by atoms with Gasteiger partial charge in [0.25, 0.3) is 5.91 Å². The topological polar surface area (TPSA) is 67.6 Å². The Morgan fingerprint density at radius 3 is 2.61 bits per heavy atom. The molecule has 1 aromatic heterocycles. The highest BCUT2D eigenvalue weighted by molar-refractivity contribution is 6.33. The molecular formula is C23H23ClFN3O3. The van der Waals surface area contributed by atoms with Gasteiger partial charge in [-0.15, -0.1) is 0 Å². The third-order valence-corrected chi connectivity index (χ3v) is 5.75. The zero-order valence-corrected chi connectivity index (χ0v) is 17.9. The van der Waals surface area contributed by atoms with Crippen molar-refractivity contribution in [1.29, 1.82) is 0 Å². The molecule has 1 atom stereocenters. The molecule has 1 aliphatic rings. The van der Waals surface area contributed by atoms with Gasteiger partial charge in [0, 0.05) is 25.2 Å². The molecule has 162 valence electrons. The normalized spacial score (nSPS) is 15.6. The minimum atomic E-state index is -0.297. The van der Waals surface area contributed by atoms with Crippen LogP contribution in [0.15, 0.2) is 53.1 Å². The van der Waals surface area contributed by atoms with Crippen LogP contribution >= 0.6 is 11.6 Å². The fraction of sp³-hybridized carbons (Fsp3) is 0.304. The SMILES string of the molecule is Cc1onc(-c2ccccc2Cl)c1C(=O)NCC(c1ccc(F)cc1)N1CCOCC1. The van der Waals surface area contributed by atoms with Crippen LogP contribution in [0.5, 0.6) is 0 Å². The maximum absolute atomic E-state index is 13.4. The first-order valence-corrected chi connectivity index (χ1v) is 10.5. The number of rotatable bonds is 6. The van der Waals surface area contributed by atoms with Gasteiger partial charge in [-0.1, -0.05) is 47.1 Å². The van der Waals surface area contributed by atoms with Gasteiger partial charge in [-0.05, 0) is 30.7 Å². The minimum Gasteiger partial charge on any atom is -0.379 e. The zero-order chi connectivity index (χ0) is 21.8. The number of carbonyl (C=O) groups excluding carboxylic acids is 1. The molecule has 1 amide bonds. The first kappa shape index (κ1) is 21.5. The van der Waals surface area contributed by atoms with Gasteiger partial charge in [-0.3, -0.25) is 9.69 Å². The summed E-state index contributed by atoms with van der Waals surface area (Å²) in [5.74, 6) is -0.177. The highest BCUT2D eigenvalue weighted by Crippen LogP contribution is 2.31. The fourth-order valence-corrected chi connectivity index (χ4v) is 4.01. The molecule has 1 unspecified atom stereocenters. The van der Waals surface area contributed by atoms with Crippen molar-refractivity contribution >= 4 is 17.5 Å². The summed E-state index contributed by atoms with van der Waals surface area (Å²) in [6.45, 7) is 4.74. The van der Waals surface area contributed by atoms with Crippen LogP contribution in [0.1, 0.15) is 27.7 Å². The van der Waals surface area contributed by atoms with Crippen molar-refractivity contribution in [1.82, 2.24) is 15.4 Å². The zero-order valence-electron chi connectivity index (χ0n) is 17.1. The van der Waals surface area contributed by atoms with Gasteiger partial charge in [-0.2, -0.15) is 0 Å². The molecular weight excluding hydrogens is 421 g/mol. The maximum Gasteiger partial charge on any atom is 0.257 e. The van der Waals surface area contributed by atoms with Crippen molar-refractivity contribution in [2.24, 2.45) is 0 Å². The lowest BCUT2D eigenvalue weighted by Crippen LogP contribution is -2.43. The number of benzene rings is 2. The number of aryl methyl sites for hydroxylation is 1. The number of morpholine rings is 1. The van der Waals surface area contributed by atoms with E-state index in [0.29, 0.717) is 47.4 Å². The Bertz CT molecular complexity index is 1050. The molecule has 31 heavy (non-hydrogen) atoms. The number of carbonyl (C=O) groups is 1. The summed E-state index contributed by atoms with van der Waals surface area (Å²) in [7, 11) is 0. The van der Waals surface area contributed by atoms with Crippen molar-refractivity contribution in [3.05, 3.63) is 76.3 Å². The summed E-state index contributed by atoms with van der Waals surface area (Å²) in [4.78, 5) is 15.4. The number of hydrogen-bond acceptors (Lipinski definition) is 5. The van der Waals surface area contributed by atoms with Crippen molar-refractivity contribution < 1.29 is 18.4 Å². The summed E-state index contributed by atoms with van der Waals surface area (Å²) in [5, 5.41) is 7.56. The van der Waals surface area contributed by atoms with E-state index in [9.17, 15) is 9.18 Å². The largest absolute Gasteiger partial charge is 0.379 e. The summed E-state index contributed by atoms with van der Waals surface area (Å²) in [6, 6.07) is 13.4. The van der Waals surface area contributed by atoms with E-state index in [1.807, 2.05) is 12.1 Å². The van der Waals surface area contributed by atoms with Gasteiger partial charge in [0.15, 0.2) is 0 Å². The Labute approximate surface area is 184 Å². The van der Waals surface area contributed by atoms with Crippen LogP contribution in [0, 0.1) is 12.7 Å². The van der Waals surface area contributed by atoms with Crippen molar-refractivity contribution in [3.63, 3.8) is 0 Å². The van der Waals surface area contributed by atoms with Gasteiger partial charge in [-0.25, -0.2) is 4.39 Å². The molecule has 1 N–H and O–H groups in total. The lowest BCUT2D eigenvalue weighted by atomic mass is 10.0. The average Bonchev–Trinajstić information content (AvgIpc) is 3.17. The average molecular weight is 444 g/mol. The maximum atomic E-state index is 13.4. The summed E-state index contributed by atoms with van der Waals surface area (Å²) < 4.78 is 24.2. The molecule has 0 aliphatic carbocycles. The first-order chi connectivity index (χ1) is 15.0. The van der Waals surface area contributed by atoms with Crippen LogP contribution in [0.4, 0.5) is 4.39 Å². The monoisotopic (exact) mass is 443 g/mol. The second-order valence-electron chi connectivity index (χ2n) is 7.37. The fourth-order valence-electron chi connectivity index (χ4n) is 3.79. The third-order valence-electron chi connectivity index (χ3n) is 5.42. The van der Waals surface area contributed by atoms with Crippen molar-refractivity contribution in [2.75, 3.05) is 32.8 Å². The van der Waals surface area contributed by atoms with E-state index in [1.165, 1.54) is 12.1 Å². The molecule has 0 saturated carbocycles. The van der Waals surface area contributed by atoms with Crippen LogP contribution in [-0.2, 0) is 4.74 Å². The summed E-state index contributed by atoms with van der Waals surface area (Å²) in [5.41, 5.74) is 2.32. The molecule has 0 bridgehead atoms. The Morgan fingerprint density at radius 2 is 1.90 bits per heavy atom. The Morgan fingerprint density at radius 1 is 1.19 bits per heavy atom. The number of amides is 1. The van der Waals surface area contributed by atoms with Crippen LogP contribution in [0.2, 0.25) is 5.02 Å². The molecule has 4 rings (SSSR count). The van der Waals surface area contributed by atoms with Gasteiger partial charge in [0.05, 0.1) is 24.3 Å². The highest BCUT2D eigenvalue weighted by Gasteiger charge is 2.26. The number of halogens is 2. The Hall–Kier alpha value is -2.74. The molecule has 0 spiro atoms. The number of nitrogens with one attached hydrogen (secondary N) is 1. The highest BCUT2D eigenvalue weighted by atomic mass is 35.5. The van der Waals surface area contributed by atoms with E-state index in [2.05, 4.69) is 15.4 Å². The smallest absolute Gasteiger partial charge is 0.257 e. The van der Waals surface area contributed by atoms with Crippen LogP contribution in [0.25, 0.3) is 11.3 Å². The second kappa shape index (κ2) is 9.60. The predicted molar refractivity (Wildman–Crippen MR) is 116 cm³/mol. The molecule has 1 fully saturated rings. The van der Waals surface area contributed by atoms with Gasteiger partial charge >= 0.3 is 0 Å². The third kappa shape index (κ3) is 4.79. The Balaban J connectivity index is 1.57. The number of ether oxygens (including phenoxy) is 1. The number of hydrogen-bond donors (Lipinski definition) is 1. The molecule has 3 aromatic rings. The van der Waals surface area contributed by atoms with Gasteiger partial charge in [0.2, 0.25) is 0 Å². The molecule has 2 aromatic carbocycles. The molecule has 1 saturated heterocycles. The van der Waals surface area contributed by atoms with Crippen molar-refractivity contribution in [2.45, 2.75) is 13.0 Å². The molecule has 6 nitrogen and oxygen atoms in total. The summed E-state index contributed by atoms with van der Waals surface area (Å²) in [6.07, 6.45) is 0. The number of nitrogens with zero attached hydrogens (tertiary/aromatic N) is 2. The van der Waals surface area contributed by atoms with E-state index < -0.39 is 0 Å². The molecule has 2 heterocycles. The molecule has 1 aliphatic heterocycles. The van der Waals surface area contributed by atoms with Crippen molar-refractivity contribution in [3.8, 4) is 11.3 Å². The number of aromatic nitrogens is 1.